The molecule has 0 atom stereocenters. The van der Waals surface area contributed by atoms with Crippen molar-refractivity contribution in [3.05, 3.63) is 27.8 Å². The summed E-state index contributed by atoms with van der Waals surface area (Å²) >= 11 is 4.95. The van der Waals surface area contributed by atoms with Gasteiger partial charge in [-0.25, -0.2) is 4.98 Å². The Balaban J connectivity index is 2.72. The lowest BCUT2D eigenvalue weighted by atomic mass is 10.2. The number of fused-ring (bicyclic) bond motifs is 1. The highest BCUT2D eigenvalue weighted by molar-refractivity contribution is 9.10. The van der Waals surface area contributed by atoms with Gasteiger partial charge in [0.25, 0.3) is 5.91 Å². The minimum absolute atomic E-state index is 0.298. The van der Waals surface area contributed by atoms with Crippen LogP contribution in [-0.2, 0) is 0 Å². The van der Waals surface area contributed by atoms with Gasteiger partial charge >= 0.3 is 0 Å². The van der Waals surface area contributed by atoms with E-state index in [-0.39, 0.29) is 0 Å². The Hall–Kier alpha value is -0.940. The second kappa shape index (κ2) is 3.08. The highest BCUT2D eigenvalue weighted by Crippen LogP contribution is 2.29. The Kier molecular flexibility index (Phi) is 2.05. The van der Waals surface area contributed by atoms with Crippen LogP contribution >= 0.6 is 27.3 Å². The van der Waals surface area contributed by atoms with Crippen LogP contribution in [0.15, 0.2) is 22.1 Å². The lowest BCUT2D eigenvalue weighted by molar-refractivity contribution is 0.0996. The summed E-state index contributed by atoms with van der Waals surface area (Å²) in [6, 6.07) is 1.69. The maximum absolute atomic E-state index is 10.8. The number of carbonyl (C=O) groups excluding carboxylic acids is 1. The molecule has 1 amide bonds. The topological polar surface area (TPSA) is 56.0 Å². The molecule has 66 valence electrons. The summed E-state index contributed by atoms with van der Waals surface area (Å²) in [5, 5.41) is 2.94. The van der Waals surface area contributed by atoms with Gasteiger partial charge in [0, 0.05) is 21.4 Å². The molecular weight excluding hydrogens is 252 g/mol. The monoisotopic (exact) mass is 256 g/mol. The summed E-state index contributed by atoms with van der Waals surface area (Å²) in [6.07, 6.45) is 1.66. The molecule has 0 aliphatic heterocycles. The summed E-state index contributed by atoms with van der Waals surface area (Å²) in [5.41, 5.74) is 5.41. The first kappa shape index (κ1) is 8.65. The summed E-state index contributed by atoms with van der Waals surface area (Å²) in [6.45, 7) is 0. The highest BCUT2D eigenvalue weighted by Gasteiger charge is 2.06. The number of thiophene rings is 1. The number of halogens is 1. The first-order chi connectivity index (χ1) is 6.18. The lowest BCUT2D eigenvalue weighted by Gasteiger charge is -1.94. The van der Waals surface area contributed by atoms with Crippen LogP contribution < -0.4 is 5.73 Å². The van der Waals surface area contributed by atoms with Crippen LogP contribution in [0.4, 0.5) is 0 Å². The molecule has 0 radical (unpaired) electrons. The van der Waals surface area contributed by atoms with Crippen molar-refractivity contribution in [1.29, 1.82) is 0 Å². The Morgan fingerprint density at radius 3 is 3.08 bits per heavy atom. The van der Waals surface area contributed by atoms with Crippen LogP contribution in [0.2, 0.25) is 0 Å². The SMILES string of the molecule is NC(=O)c1cc2c(Br)csc2cn1. The molecule has 2 heterocycles. The Bertz CT molecular complexity index is 480. The molecule has 0 aliphatic rings. The molecule has 0 spiro atoms. The quantitative estimate of drug-likeness (QED) is 0.851. The van der Waals surface area contributed by atoms with Crippen molar-refractivity contribution in [2.45, 2.75) is 0 Å². The van der Waals surface area contributed by atoms with E-state index in [1.54, 1.807) is 23.6 Å². The van der Waals surface area contributed by atoms with Crippen molar-refractivity contribution in [1.82, 2.24) is 4.98 Å². The van der Waals surface area contributed by atoms with Crippen molar-refractivity contribution in [3.8, 4) is 0 Å². The molecule has 13 heavy (non-hydrogen) atoms. The van der Waals surface area contributed by atoms with Gasteiger partial charge in [-0.1, -0.05) is 0 Å². The Morgan fingerprint density at radius 2 is 2.38 bits per heavy atom. The number of nitrogens with zero attached hydrogens (tertiary/aromatic N) is 1. The average Bonchev–Trinajstić information content (AvgIpc) is 2.47. The van der Waals surface area contributed by atoms with E-state index < -0.39 is 5.91 Å². The van der Waals surface area contributed by atoms with Crippen molar-refractivity contribution in [2.24, 2.45) is 5.73 Å². The van der Waals surface area contributed by atoms with E-state index in [0.29, 0.717) is 5.69 Å². The molecule has 2 rings (SSSR count). The van der Waals surface area contributed by atoms with E-state index >= 15 is 0 Å². The second-order valence-corrected chi connectivity index (χ2v) is 4.28. The molecule has 0 bridgehead atoms. The zero-order valence-electron chi connectivity index (χ0n) is 6.45. The molecule has 2 N–H and O–H groups in total. The van der Waals surface area contributed by atoms with Gasteiger partial charge in [0.1, 0.15) is 5.69 Å². The van der Waals surface area contributed by atoms with Gasteiger partial charge < -0.3 is 5.73 Å². The molecule has 0 fully saturated rings. The predicted octanol–water partition coefficient (Wildman–Crippen LogP) is 2.16. The van der Waals surface area contributed by atoms with Gasteiger partial charge in [-0.2, -0.15) is 0 Å². The van der Waals surface area contributed by atoms with Crippen molar-refractivity contribution in [2.75, 3.05) is 0 Å². The highest BCUT2D eigenvalue weighted by atomic mass is 79.9. The molecule has 0 saturated carbocycles. The number of carbonyl (C=O) groups is 1. The number of pyridine rings is 1. The van der Waals surface area contributed by atoms with Crippen molar-refractivity contribution in [3.63, 3.8) is 0 Å². The minimum atomic E-state index is -0.500. The van der Waals surface area contributed by atoms with E-state index in [2.05, 4.69) is 20.9 Å². The van der Waals surface area contributed by atoms with Crippen LogP contribution in [-0.4, -0.2) is 10.9 Å². The van der Waals surface area contributed by atoms with Gasteiger partial charge in [-0.3, -0.25) is 4.79 Å². The van der Waals surface area contributed by atoms with Crippen LogP contribution in [0.3, 0.4) is 0 Å². The summed E-state index contributed by atoms with van der Waals surface area (Å²) in [5.74, 6) is -0.500. The normalized spacial score (nSPS) is 10.5. The molecule has 2 aromatic rings. The summed E-state index contributed by atoms with van der Waals surface area (Å²) in [4.78, 5) is 14.8. The maximum atomic E-state index is 10.8. The molecule has 3 nitrogen and oxygen atoms in total. The molecule has 0 aromatic carbocycles. The van der Waals surface area contributed by atoms with Crippen LogP contribution in [0.25, 0.3) is 10.1 Å². The molecule has 2 aromatic heterocycles. The zero-order chi connectivity index (χ0) is 9.42. The number of nitrogens with two attached hydrogens (primary N) is 1. The van der Waals surface area contributed by atoms with Crippen LogP contribution in [0.5, 0.6) is 0 Å². The molecular formula is C8H5BrN2OS. The summed E-state index contributed by atoms with van der Waals surface area (Å²) in [7, 11) is 0. The van der Waals surface area contributed by atoms with Gasteiger partial charge in [-0.05, 0) is 22.0 Å². The van der Waals surface area contributed by atoms with Gasteiger partial charge in [-0.15, -0.1) is 11.3 Å². The number of primary amides is 1. The average molecular weight is 257 g/mol. The van der Waals surface area contributed by atoms with Gasteiger partial charge in [0.2, 0.25) is 0 Å². The van der Waals surface area contributed by atoms with E-state index in [1.165, 1.54) is 0 Å². The van der Waals surface area contributed by atoms with Crippen LogP contribution in [0, 0.1) is 0 Å². The molecule has 0 aliphatic carbocycles. The fourth-order valence-electron chi connectivity index (χ4n) is 1.04. The van der Waals surface area contributed by atoms with Gasteiger partial charge in [0.15, 0.2) is 0 Å². The van der Waals surface area contributed by atoms with Gasteiger partial charge in [0.05, 0.1) is 4.70 Å². The standard InChI is InChI=1S/C8H5BrN2OS/c9-5-3-13-7-2-11-6(8(10)12)1-4(5)7/h1-3H,(H2,10,12). The first-order valence-corrected chi connectivity index (χ1v) is 5.18. The Morgan fingerprint density at radius 1 is 1.62 bits per heavy atom. The third-order valence-electron chi connectivity index (χ3n) is 1.67. The smallest absolute Gasteiger partial charge is 0.267 e. The number of hydrogen-bond donors (Lipinski definition) is 1. The fourth-order valence-corrected chi connectivity index (χ4v) is 2.54. The second-order valence-electron chi connectivity index (χ2n) is 2.51. The molecule has 0 unspecified atom stereocenters. The molecule has 5 heteroatoms. The molecule has 0 saturated heterocycles. The summed E-state index contributed by atoms with van der Waals surface area (Å²) < 4.78 is 2.01. The maximum Gasteiger partial charge on any atom is 0.267 e. The van der Waals surface area contributed by atoms with E-state index in [1.807, 2.05) is 5.38 Å². The minimum Gasteiger partial charge on any atom is -0.364 e. The number of amides is 1. The number of hydrogen-bond acceptors (Lipinski definition) is 3. The lowest BCUT2D eigenvalue weighted by Crippen LogP contribution is -2.12. The number of rotatable bonds is 1. The first-order valence-electron chi connectivity index (χ1n) is 3.51. The third kappa shape index (κ3) is 1.45. The van der Waals surface area contributed by atoms with E-state index in [9.17, 15) is 4.79 Å². The third-order valence-corrected chi connectivity index (χ3v) is 3.56. The predicted molar refractivity (Wildman–Crippen MR) is 55.8 cm³/mol. The van der Waals surface area contributed by atoms with E-state index in [0.717, 1.165) is 14.6 Å². The number of aromatic nitrogens is 1. The van der Waals surface area contributed by atoms with Crippen LogP contribution in [0.1, 0.15) is 10.5 Å². The zero-order valence-corrected chi connectivity index (χ0v) is 8.85. The Labute approximate surface area is 86.7 Å². The fraction of sp³-hybridized carbons (Fsp3) is 0. The van der Waals surface area contributed by atoms with E-state index in [4.69, 9.17) is 5.73 Å². The van der Waals surface area contributed by atoms with Crippen molar-refractivity contribution < 1.29 is 4.79 Å². The van der Waals surface area contributed by atoms with Crippen molar-refractivity contribution >= 4 is 43.3 Å². The largest absolute Gasteiger partial charge is 0.364 e.